The molecule has 120 valence electrons. The Morgan fingerprint density at radius 1 is 1.17 bits per heavy atom. The number of ether oxygens (including phenoxy) is 2. The third kappa shape index (κ3) is 2.83. The summed E-state index contributed by atoms with van der Waals surface area (Å²) in [6.45, 7) is 2.20. The van der Waals surface area contributed by atoms with Gasteiger partial charge >= 0.3 is 0 Å². The summed E-state index contributed by atoms with van der Waals surface area (Å²) in [6, 6.07) is 13.1. The van der Waals surface area contributed by atoms with Gasteiger partial charge in [-0.25, -0.2) is 4.98 Å². The van der Waals surface area contributed by atoms with Gasteiger partial charge in [0.15, 0.2) is 16.6 Å². The van der Waals surface area contributed by atoms with Gasteiger partial charge in [-0.15, -0.1) is 11.3 Å². The molecule has 2 heterocycles. The van der Waals surface area contributed by atoms with E-state index in [1.165, 1.54) is 11.3 Å². The van der Waals surface area contributed by atoms with Crippen molar-refractivity contribution < 1.29 is 14.3 Å². The number of rotatable bonds is 3. The normalized spacial score (nSPS) is 12.2. The number of carbonyl (C=O) groups excluding carboxylic acids is 1. The van der Waals surface area contributed by atoms with Gasteiger partial charge in [0, 0.05) is 16.5 Å². The molecule has 0 unspecified atom stereocenters. The monoisotopic (exact) mass is 338 g/mol. The molecule has 1 amide bonds. The number of carbonyl (C=O) groups is 1. The Morgan fingerprint density at radius 3 is 2.92 bits per heavy atom. The maximum Gasteiger partial charge on any atom is 0.257 e. The molecule has 3 aromatic rings. The van der Waals surface area contributed by atoms with Gasteiger partial charge in [-0.05, 0) is 37.3 Å². The number of benzene rings is 2. The predicted octanol–water partition coefficient (Wildman–Crippen LogP) is 4.10. The van der Waals surface area contributed by atoms with Crippen molar-refractivity contribution in [2.24, 2.45) is 0 Å². The molecule has 0 fully saturated rings. The van der Waals surface area contributed by atoms with Crippen molar-refractivity contribution in [3.8, 4) is 22.8 Å². The lowest BCUT2D eigenvalue weighted by atomic mass is 10.1. The highest BCUT2D eigenvalue weighted by atomic mass is 32.1. The lowest BCUT2D eigenvalue weighted by Gasteiger charge is -2.02. The summed E-state index contributed by atoms with van der Waals surface area (Å²) in [5, 5.41) is 5.31. The summed E-state index contributed by atoms with van der Waals surface area (Å²) in [6.07, 6.45) is 0. The van der Waals surface area contributed by atoms with Gasteiger partial charge in [-0.3, -0.25) is 10.1 Å². The Morgan fingerprint density at radius 2 is 2.04 bits per heavy atom. The van der Waals surface area contributed by atoms with E-state index in [0.29, 0.717) is 16.4 Å². The first-order valence-corrected chi connectivity index (χ1v) is 8.30. The van der Waals surface area contributed by atoms with Crippen LogP contribution in [-0.2, 0) is 0 Å². The molecule has 6 heteroatoms. The summed E-state index contributed by atoms with van der Waals surface area (Å²) < 4.78 is 10.7. The first kappa shape index (κ1) is 14.7. The number of nitrogens with zero attached hydrogens (tertiary/aromatic N) is 1. The van der Waals surface area contributed by atoms with Crippen molar-refractivity contribution in [2.75, 3.05) is 12.1 Å². The molecular formula is C18H14N2O3S. The molecule has 2 aromatic carbocycles. The Bertz CT molecular complexity index is 920. The number of nitrogens with one attached hydrogen (secondary N) is 1. The molecule has 5 nitrogen and oxygen atoms in total. The Hall–Kier alpha value is -2.86. The van der Waals surface area contributed by atoms with Crippen LogP contribution in [0.3, 0.4) is 0 Å². The first-order chi connectivity index (χ1) is 11.7. The number of hydrogen-bond donors (Lipinski definition) is 1. The van der Waals surface area contributed by atoms with E-state index in [2.05, 4.69) is 10.3 Å². The first-order valence-electron chi connectivity index (χ1n) is 7.42. The molecule has 0 bridgehead atoms. The van der Waals surface area contributed by atoms with Crippen molar-refractivity contribution in [2.45, 2.75) is 6.92 Å². The molecule has 4 rings (SSSR count). The van der Waals surface area contributed by atoms with Crippen molar-refractivity contribution in [3.05, 3.63) is 59.0 Å². The number of anilines is 1. The lowest BCUT2D eigenvalue weighted by Crippen LogP contribution is -2.11. The van der Waals surface area contributed by atoms with Crippen LogP contribution in [0.5, 0.6) is 11.5 Å². The van der Waals surface area contributed by atoms with Crippen LogP contribution in [0, 0.1) is 6.92 Å². The fraction of sp³-hybridized carbons (Fsp3) is 0.111. The highest BCUT2D eigenvalue weighted by Crippen LogP contribution is 2.36. The third-order valence-corrected chi connectivity index (χ3v) is 4.43. The van der Waals surface area contributed by atoms with Crippen LogP contribution < -0.4 is 14.8 Å². The zero-order chi connectivity index (χ0) is 16.5. The van der Waals surface area contributed by atoms with Gasteiger partial charge < -0.3 is 9.47 Å². The number of hydrogen-bond acceptors (Lipinski definition) is 5. The smallest absolute Gasteiger partial charge is 0.257 e. The Balaban J connectivity index is 1.53. The van der Waals surface area contributed by atoms with Crippen LogP contribution in [0.4, 0.5) is 5.13 Å². The predicted molar refractivity (Wildman–Crippen MR) is 92.8 cm³/mol. The minimum atomic E-state index is -0.162. The number of aromatic nitrogens is 1. The molecule has 24 heavy (non-hydrogen) atoms. The van der Waals surface area contributed by atoms with Crippen LogP contribution in [0.15, 0.2) is 47.8 Å². The van der Waals surface area contributed by atoms with Crippen LogP contribution >= 0.6 is 11.3 Å². The lowest BCUT2D eigenvalue weighted by molar-refractivity contribution is 0.102. The fourth-order valence-corrected chi connectivity index (χ4v) is 3.19. The molecule has 0 aliphatic carbocycles. The van der Waals surface area contributed by atoms with Gasteiger partial charge in [0.05, 0.1) is 5.69 Å². The van der Waals surface area contributed by atoms with Crippen LogP contribution in [0.1, 0.15) is 15.9 Å². The Labute approximate surface area is 142 Å². The molecule has 0 atom stereocenters. The highest BCUT2D eigenvalue weighted by molar-refractivity contribution is 7.14. The Kier molecular flexibility index (Phi) is 3.66. The molecule has 1 aliphatic rings. The SMILES string of the molecule is Cc1cccc(C(=O)Nc2nc(-c3ccc4c(c3)OCO4)cs2)c1. The van der Waals surface area contributed by atoms with Crippen molar-refractivity contribution in [1.82, 2.24) is 4.98 Å². The summed E-state index contributed by atoms with van der Waals surface area (Å²) in [4.78, 5) is 16.8. The van der Waals surface area contributed by atoms with Crippen molar-refractivity contribution in [1.29, 1.82) is 0 Å². The van der Waals surface area contributed by atoms with E-state index in [-0.39, 0.29) is 12.7 Å². The van der Waals surface area contributed by atoms with E-state index < -0.39 is 0 Å². The van der Waals surface area contributed by atoms with Crippen molar-refractivity contribution in [3.63, 3.8) is 0 Å². The maximum absolute atomic E-state index is 12.3. The van der Waals surface area contributed by atoms with E-state index in [1.54, 1.807) is 6.07 Å². The van der Waals surface area contributed by atoms with Crippen LogP contribution in [0.25, 0.3) is 11.3 Å². The van der Waals surface area contributed by atoms with Gasteiger partial charge in [0.1, 0.15) is 0 Å². The standard InChI is InChI=1S/C18H14N2O3S/c1-11-3-2-4-13(7-11)17(21)20-18-19-14(9-24-18)12-5-6-15-16(8-12)23-10-22-15/h2-9H,10H2,1H3,(H,19,20,21). The summed E-state index contributed by atoms with van der Waals surface area (Å²) >= 11 is 1.39. The molecule has 0 saturated carbocycles. The van der Waals surface area contributed by atoms with E-state index in [9.17, 15) is 4.79 Å². The summed E-state index contributed by atoms with van der Waals surface area (Å²) in [5.41, 5.74) is 3.38. The van der Waals surface area contributed by atoms with Crippen LogP contribution in [0.2, 0.25) is 0 Å². The molecular weight excluding hydrogens is 324 g/mol. The topological polar surface area (TPSA) is 60.5 Å². The molecule has 0 saturated heterocycles. The molecule has 1 N–H and O–H groups in total. The average molecular weight is 338 g/mol. The van der Waals surface area contributed by atoms with Gasteiger partial charge in [0.25, 0.3) is 5.91 Å². The van der Waals surface area contributed by atoms with E-state index >= 15 is 0 Å². The van der Waals surface area contributed by atoms with E-state index in [4.69, 9.17) is 9.47 Å². The number of thiazole rings is 1. The molecule has 0 spiro atoms. The second kappa shape index (κ2) is 5.98. The molecule has 0 radical (unpaired) electrons. The van der Waals surface area contributed by atoms with Crippen LogP contribution in [-0.4, -0.2) is 17.7 Å². The summed E-state index contributed by atoms with van der Waals surface area (Å²) in [7, 11) is 0. The summed E-state index contributed by atoms with van der Waals surface area (Å²) in [5.74, 6) is 1.29. The highest BCUT2D eigenvalue weighted by Gasteiger charge is 2.15. The van der Waals surface area contributed by atoms with Gasteiger partial charge in [-0.2, -0.15) is 0 Å². The second-order valence-electron chi connectivity index (χ2n) is 5.43. The van der Waals surface area contributed by atoms with Gasteiger partial charge in [-0.1, -0.05) is 17.7 Å². The van der Waals surface area contributed by atoms with E-state index in [0.717, 1.165) is 22.6 Å². The zero-order valence-electron chi connectivity index (χ0n) is 12.9. The third-order valence-electron chi connectivity index (χ3n) is 3.67. The fourth-order valence-electron chi connectivity index (χ4n) is 2.48. The number of fused-ring (bicyclic) bond motifs is 1. The minimum Gasteiger partial charge on any atom is -0.454 e. The second-order valence-corrected chi connectivity index (χ2v) is 6.29. The average Bonchev–Trinajstić information content (AvgIpc) is 3.23. The van der Waals surface area contributed by atoms with Gasteiger partial charge in [0.2, 0.25) is 6.79 Å². The van der Waals surface area contributed by atoms with E-state index in [1.807, 2.05) is 48.7 Å². The number of amides is 1. The van der Waals surface area contributed by atoms with Crippen molar-refractivity contribution >= 4 is 22.4 Å². The minimum absolute atomic E-state index is 0.162. The molecule has 1 aliphatic heterocycles. The quantitative estimate of drug-likeness (QED) is 0.781. The number of aryl methyl sites for hydroxylation is 1. The zero-order valence-corrected chi connectivity index (χ0v) is 13.7. The molecule has 1 aromatic heterocycles. The largest absolute Gasteiger partial charge is 0.454 e. The maximum atomic E-state index is 12.3.